The second-order valence-electron chi connectivity index (χ2n) is 13.3. The van der Waals surface area contributed by atoms with E-state index >= 15 is 0 Å². The first-order valence-electron chi connectivity index (χ1n) is 13.0. The van der Waals surface area contributed by atoms with Gasteiger partial charge >= 0.3 is 0 Å². The molecule has 0 aromatic carbocycles. The summed E-state index contributed by atoms with van der Waals surface area (Å²) < 4.78 is 0. The van der Waals surface area contributed by atoms with Crippen molar-refractivity contribution < 1.29 is 5.11 Å². The molecule has 170 valence electrons. The van der Waals surface area contributed by atoms with Gasteiger partial charge in [-0.2, -0.15) is 0 Å². The van der Waals surface area contributed by atoms with Crippen molar-refractivity contribution in [1.82, 2.24) is 0 Å². The van der Waals surface area contributed by atoms with Gasteiger partial charge in [-0.1, -0.05) is 84.6 Å². The van der Waals surface area contributed by atoms with Crippen LogP contribution in [0.25, 0.3) is 0 Å². The molecule has 1 heteroatoms. The van der Waals surface area contributed by atoms with E-state index in [1.807, 2.05) is 0 Å². The fourth-order valence-electron chi connectivity index (χ4n) is 8.59. The summed E-state index contributed by atoms with van der Waals surface area (Å²) in [6, 6.07) is 0. The third kappa shape index (κ3) is 3.20. The molecule has 4 aliphatic rings. The lowest BCUT2D eigenvalue weighted by Crippen LogP contribution is -2.52. The van der Waals surface area contributed by atoms with Crippen molar-refractivity contribution in [3.8, 4) is 0 Å². The van der Waals surface area contributed by atoms with Gasteiger partial charge in [0.05, 0.1) is 6.10 Å². The summed E-state index contributed by atoms with van der Waals surface area (Å²) in [7, 11) is 0. The number of allylic oxidation sites excluding steroid dienone is 3. The van der Waals surface area contributed by atoms with Crippen LogP contribution in [0, 0.1) is 39.4 Å². The molecule has 0 radical (unpaired) electrons. The minimum Gasteiger partial charge on any atom is -0.393 e. The van der Waals surface area contributed by atoms with Gasteiger partial charge in [0.1, 0.15) is 0 Å². The Bertz CT molecular complexity index is 727. The minimum atomic E-state index is -0.116. The highest BCUT2D eigenvalue weighted by Crippen LogP contribution is 2.72. The quantitative estimate of drug-likeness (QED) is 0.483. The normalized spacial score (nSPS) is 43.6. The Morgan fingerprint density at radius 1 is 1.00 bits per heavy atom. The van der Waals surface area contributed by atoms with Crippen LogP contribution in [0.4, 0.5) is 0 Å². The highest BCUT2D eigenvalue weighted by Gasteiger charge is 2.64. The highest BCUT2D eigenvalue weighted by atomic mass is 16.3. The number of rotatable bonds is 5. The van der Waals surface area contributed by atoms with Crippen molar-refractivity contribution in [3.63, 3.8) is 0 Å². The summed E-state index contributed by atoms with van der Waals surface area (Å²) in [6.07, 6.45) is 17.5. The van der Waals surface area contributed by atoms with E-state index in [0.29, 0.717) is 21.7 Å². The largest absolute Gasteiger partial charge is 0.393 e. The van der Waals surface area contributed by atoms with E-state index in [-0.39, 0.29) is 6.10 Å². The predicted molar refractivity (Wildman–Crippen MR) is 128 cm³/mol. The van der Waals surface area contributed by atoms with Crippen LogP contribution in [0.15, 0.2) is 23.3 Å². The Kier molecular flexibility index (Phi) is 5.66. The molecular formula is C29H48O. The van der Waals surface area contributed by atoms with Crippen LogP contribution in [0.2, 0.25) is 0 Å². The van der Waals surface area contributed by atoms with Gasteiger partial charge in [-0.15, -0.1) is 0 Å². The average molecular weight is 413 g/mol. The van der Waals surface area contributed by atoms with Crippen LogP contribution in [0.3, 0.4) is 0 Å². The SMILES string of the molecule is CC(C)CCCC(C)(C)[C@@]1(C)CC[C@H]2C3=CC=C4C[C@@H](O)CC[C@]4(C)[C@H]3CC[C@@]21C. The zero-order valence-corrected chi connectivity index (χ0v) is 21.0. The maximum absolute atomic E-state index is 10.3. The van der Waals surface area contributed by atoms with Gasteiger partial charge in [0.2, 0.25) is 0 Å². The van der Waals surface area contributed by atoms with Crippen LogP contribution in [-0.2, 0) is 0 Å². The third-order valence-corrected chi connectivity index (χ3v) is 11.2. The number of hydrogen-bond acceptors (Lipinski definition) is 1. The Balaban J connectivity index is 1.62. The zero-order chi connectivity index (χ0) is 21.9. The monoisotopic (exact) mass is 412 g/mol. The van der Waals surface area contributed by atoms with Crippen LogP contribution in [-0.4, -0.2) is 11.2 Å². The number of aliphatic hydroxyl groups is 1. The van der Waals surface area contributed by atoms with E-state index in [0.717, 1.165) is 30.6 Å². The van der Waals surface area contributed by atoms with E-state index in [9.17, 15) is 5.11 Å². The van der Waals surface area contributed by atoms with Gasteiger partial charge in [-0.3, -0.25) is 0 Å². The molecule has 0 amide bonds. The molecule has 0 spiro atoms. The van der Waals surface area contributed by atoms with E-state index in [1.165, 1.54) is 56.9 Å². The fraction of sp³-hybridized carbons (Fsp3) is 0.862. The fourth-order valence-corrected chi connectivity index (χ4v) is 8.59. The number of aliphatic hydroxyl groups excluding tert-OH is 1. The van der Waals surface area contributed by atoms with Crippen molar-refractivity contribution in [2.24, 2.45) is 39.4 Å². The van der Waals surface area contributed by atoms with Gasteiger partial charge < -0.3 is 5.11 Å². The summed E-state index contributed by atoms with van der Waals surface area (Å²) in [5, 5.41) is 10.3. The summed E-state index contributed by atoms with van der Waals surface area (Å²) in [5.74, 6) is 2.29. The zero-order valence-electron chi connectivity index (χ0n) is 21.0. The molecule has 30 heavy (non-hydrogen) atoms. The van der Waals surface area contributed by atoms with E-state index < -0.39 is 0 Å². The third-order valence-electron chi connectivity index (χ3n) is 11.2. The van der Waals surface area contributed by atoms with Gasteiger partial charge in [0, 0.05) is 0 Å². The molecule has 3 saturated carbocycles. The summed E-state index contributed by atoms with van der Waals surface area (Å²) in [4.78, 5) is 0. The Labute approximate surface area is 186 Å². The van der Waals surface area contributed by atoms with E-state index in [1.54, 1.807) is 5.57 Å². The summed E-state index contributed by atoms with van der Waals surface area (Å²) >= 11 is 0. The molecule has 0 saturated heterocycles. The van der Waals surface area contributed by atoms with Crippen LogP contribution >= 0.6 is 0 Å². The summed E-state index contributed by atoms with van der Waals surface area (Å²) in [6.45, 7) is 17.8. The predicted octanol–water partition coefficient (Wildman–Crippen LogP) is 8.09. The number of hydrogen-bond donors (Lipinski definition) is 1. The second kappa shape index (κ2) is 7.50. The lowest BCUT2D eigenvalue weighted by molar-refractivity contribution is -0.0668. The minimum absolute atomic E-state index is 0.116. The number of fused-ring (bicyclic) bond motifs is 5. The Morgan fingerprint density at radius 2 is 1.70 bits per heavy atom. The molecular weight excluding hydrogens is 364 g/mol. The van der Waals surface area contributed by atoms with Crippen molar-refractivity contribution in [2.75, 3.05) is 0 Å². The van der Waals surface area contributed by atoms with E-state index in [4.69, 9.17) is 0 Å². The molecule has 0 heterocycles. The standard InChI is InChI=1S/C29H48O/c1-20(2)9-8-15-26(3,4)29(7)18-14-25-23-11-10-21-19-22(30)12-16-27(21,5)24(23)13-17-28(25,29)6/h10-11,20,22,24-25,30H,8-9,12-19H2,1-7H3/t22-,24-,25-,27-,28-,29+/m0/s1. The molecule has 1 N–H and O–H groups in total. The van der Waals surface area contributed by atoms with Crippen molar-refractivity contribution in [2.45, 2.75) is 119 Å². The smallest absolute Gasteiger partial charge is 0.0578 e. The molecule has 3 fully saturated rings. The van der Waals surface area contributed by atoms with Gasteiger partial charge in [0.15, 0.2) is 0 Å². The van der Waals surface area contributed by atoms with Gasteiger partial charge in [-0.05, 0) is 90.8 Å². The first-order valence-corrected chi connectivity index (χ1v) is 13.0. The lowest BCUT2D eigenvalue weighted by Gasteiger charge is -2.60. The maximum atomic E-state index is 10.3. The van der Waals surface area contributed by atoms with Crippen LogP contribution < -0.4 is 0 Å². The van der Waals surface area contributed by atoms with Crippen molar-refractivity contribution >= 4 is 0 Å². The topological polar surface area (TPSA) is 20.2 Å². The van der Waals surface area contributed by atoms with Crippen LogP contribution in [0.5, 0.6) is 0 Å². The Morgan fingerprint density at radius 3 is 2.40 bits per heavy atom. The molecule has 0 unspecified atom stereocenters. The van der Waals surface area contributed by atoms with Crippen molar-refractivity contribution in [1.29, 1.82) is 0 Å². The Hall–Kier alpha value is -0.560. The van der Waals surface area contributed by atoms with Gasteiger partial charge in [0.25, 0.3) is 0 Å². The molecule has 4 rings (SSSR count). The molecule has 6 atom stereocenters. The first kappa shape index (κ1) is 22.6. The van der Waals surface area contributed by atoms with Crippen LogP contribution in [0.1, 0.15) is 113 Å². The van der Waals surface area contributed by atoms with Gasteiger partial charge in [-0.25, -0.2) is 0 Å². The first-order chi connectivity index (χ1) is 13.9. The molecule has 0 bridgehead atoms. The lowest BCUT2D eigenvalue weighted by atomic mass is 9.45. The molecule has 1 nitrogen and oxygen atoms in total. The molecule has 4 aliphatic carbocycles. The molecule has 0 aliphatic heterocycles. The second-order valence-corrected chi connectivity index (χ2v) is 13.3. The van der Waals surface area contributed by atoms with E-state index in [2.05, 4.69) is 60.6 Å². The molecule has 0 aromatic rings. The summed E-state index contributed by atoms with van der Waals surface area (Å²) in [5.41, 5.74) is 4.86. The average Bonchev–Trinajstić information content (AvgIpc) is 2.95. The molecule has 0 aromatic heterocycles. The highest BCUT2D eigenvalue weighted by molar-refractivity contribution is 5.39. The van der Waals surface area contributed by atoms with Crippen molar-refractivity contribution in [3.05, 3.63) is 23.3 Å². The maximum Gasteiger partial charge on any atom is 0.0578 e.